The van der Waals surface area contributed by atoms with Gasteiger partial charge in [0.2, 0.25) is 5.78 Å². The Balaban J connectivity index is 2.51. The lowest BCUT2D eigenvalue weighted by Gasteiger charge is -1.91. The second-order valence-corrected chi connectivity index (χ2v) is 3.55. The Morgan fingerprint density at radius 1 is 1.40 bits per heavy atom. The van der Waals surface area contributed by atoms with E-state index < -0.39 is 0 Å². The molecule has 0 N–H and O–H groups in total. The molecule has 1 aromatic heterocycles. The summed E-state index contributed by atoms with van der Waals surface area (Å²) in [7, 11) is 0. The molecule has 0 aliphatic heterocycles. The zero-order valence-corrected chi connectivity index (χ0v) is 9.18. The third kappa shape index (κ3) is 1.98. The van der Waals surface area contributed by atoms with Crippen LogP contribution in [0, 0.1) is 0 Å². The number of rotatable bonds is 3. The monoisotopic (exact) mass is 243 g/mol. The van der Waals surface area contributed by atoms with Gasteiger partial charge in [-0.2, -0.15) is 0 Å². The lowest BCUT2D eigenvalue weighted by molar-refractivity contribution is 0.0986. The highest BCUT2D eigenvalue weighted by atomic mass is 35.5. The third-order valence-corrected chi connectivity index (χ3v) is 2.52. The molecule has 3 nitrogen and oxygen atoms in total. The van der Waals surface area contributed by atoms with Crippen LogP contribution in [0.15, 0.2) is 22.6 Å². The molecule has 0 saturated heterocycles. The fourth-order valence-corrected chi connectivity index (χ4v) is 1.51. The summed E-state index contributed by atoms with van der Waals surface area (Å²) in [5, 5.41) is 0. The lowest BCUT2D eigenvalue weighted by atomic mass is 10.2. The molecule has 15 heavy (non-hydrogen) atoms. The highest BCUT2D eigenvalue weighted by Crippen LogP contribution is 2.18. The van der Waals surface area contributed by atoms with E-state index in [0.717, 1.165) is 5.56 Å². The maximum atomic E-state index is 11.2. The third-order valence-electron chi connectivity index (χ3n) is 1.97. The summed E-state index contributed by atoms with van der Waals surface area (Å²) >= 11 is 11.1. The Morgan fingerprint density at radius 2 is 2.20 bits per heavy atom. The summed E-state index contributed by atoms with van der Waals surface area (Å²) in [5.74, 6) is 0.00329. The Kier molecular flexibility index (Phi) is 2.93. The summed E-state index contributed by atoms with van der Waals surface area (Å²) in [6.45, 7) is 0. The number of aromatic nitrogens is 1. The molecule has 0 fully saturated rings. The number of oxazole rings is 1. The number of halogens is 2. The zero-order chi connectivity index (χ0) is 10.8. The van der Waals surface area contributed by atoms with Gasteiger partial charge >= 0.3 is 0 Å². The minimum absolute atomic E-state index is 0.0479. The maximum absolute atomic E-state index is 11.2. The smallest absolute Gasteiger partial charge is 0.265 e. The van der Waals surface area contributed by atoms with Crippen molar-refractivity contribution in [3.05, 3.63) is 29.7 Å². The summed E-state index contributed by atoms with van der Waals surface area (Å²) in [6.07, 6.45) is 0. The molecule has 0 aliphatic carbocycles. The number of alkyl halides is 2. The van der Waals surface area contributed by atoms with Crippen LogP contribution in [-0.4, -0.2) is 16.6 Å². The number of ketones is 1. The van der Waals surface area contributed by atoms with Crippen LogP contribution in [0.3, 0.4) is 0 Å². The molecule has 0 spiro atoms. The van der Waals surface area contributed by atoms with E-state index in [0.29, 0.717) is 17.0 Å². The van der Waals surface area contributed by atoms with Crippen LogP contribution in [0.25, 0.3) is 11.1 Å². The van der Waals surface area contributed by atoms with Gasteiger partial charge in [0.25, 0.3) is 5.89 Å². The van der Waals surface area contributed by atoms with Gasteiger partial charge < -0.3 is 4.42 Å². The van der Waals surface area contributed by atoms with Crippen LogP contribution in [0.1, 0.15) is 16.2 Å². The molecule has 1 heterocycles. The number of Topliss-reactive ketones (excluding diaryl/α,β-unsaturated/α-hetero) is 1. The molecule has 0 saturated carbocycles. The molecule has 0 radical (unpaired) electrons. The number of carbonyl (C=O) groups excluding carboxylic acids is 1. The standard InChI is InChI=1S/C10H7Cl2NO2/c11-4-6-1-2-9-7(3-6)13-10(15-9)8(14)5-12/h1-3H,4-5H2. The molecule has 1 aromatic carbocycles. The van der Waals surface area contributed by atoms with Crippen LogP contribution >= 0.6 is 23.2 Å². The summed E-state index contributed by atoms with van der Waals surface area (Å²) in [4.78, 5) is 15.3. The average molecular weight is 244 g/mol. The molecule has 0 amide bonds. The maximum Gasteiger partial charge on any atom is 0.265 e. The first-order chi connectivity index (χ1) is 7.24. The van der Waals surface area contributed by atoms with Crippen LogP contribution < -0.4 is 0 Å². The predicted octanol–water partition coefficient (Wildman–Crippen LogP) is 2.99. The van der Waals surface area contributed by atoms with Gasteiger partial charge in [-0.25, -0.2) is 4.98 Å². The number of hydrogen-bond acceptors (Lipinski definition) is 3. The number of hydrogen-bond donors (Lipinski definition) is 0. The Labute approximate surface area is 96.0 Å². The van der Waals surface area contributed by atoms with E-state index in [1.54, 1.807) is 12.1 Å². The van der Waals surface area contributed by atoms with Crippen molar-refractivity contribution in [1.82, 2.24) is 4.98 Å². The fraction of sp³-hybridized carbons (Fsp3) is 0.200. The van der Waals surface area contributed by atoms with Gasteiger partial charge in [0.05, 0.1) is 5.88 Å². The lowest BCUT2D eigenvalue weighted by Crippen LogP contribution is -1.99. The first-order valence-electron chi connectivity index (χ1n) is 4.29. The first kappa shape index (κ1) is 10.5. The van der Waals surface area contributed by atoms with Crippen molar-refractivity contribution >= 4 is 40.1 Å². The zero-order valence-electron chi connectivity index (χ0n) is 7.67. The SMILES string of the molecule is O=C(CCl)c1nc2cc(CCl)ccc2o1. The number of benzene rings is 1. The van der Waals surface area contributed by atoms with Crippen LogP contribution in [0.5, 0.6) is 0 Å². The molecular formula is C10H7Cl2NO2. The van der Waals surface area contributed by atoms with Crippen molar-refractivity contribution in [2.75, 3.05) is 5.88 Å². The highest BCUT2D eigenvalue weighted by Gasteiger charge is 2.12. The van der Waals surface area contributed by atoms with E-state index in [9.17, 15) is 4.79 Å². The van der Waals surface area contributed by atoms with Crippen LogP contribution in [-0.2, 0) is 5.88 Å². The Morgan fingerprint density at radius 3 is 2.87 bits per heavy atom. The van der Waals surface area contributed by atoms with Gasteiger partial charge in [0.15, 0.2) is 5.58 Å². The minimum Gasteiger partial charge on any atom is -0.434 e. The van der Waals surface area contributed by atoms with Gasteiger partial charge in [0, 0.05) is 5.88 Å². The van der Waals surface area contributed by atoms with E-state index in [-0.39, 0.29) is 17.6 Å². The van der Waals surface area contributed by atoms with Crippen molar-refractivity contribution in [2.45, 2.75) is 5.88 Å². The number of fused-ring (bicyclic) bond motifs is 1. The minimum atomic E-state index is -0.319. The highest BCUT2D eigenvalue weighted by molar-refractivity contribution is 6.29. The summed E-state index contributed by atoms with van der Waals surface area (Å²) in [5.41, 5.74) is 2.13. The second-order valence-electron chi connectivity index (χ2n) is 3.01. The van der Waals surface area contributed by atoms with Gasteiger partial charge in [0.1, 0.15) is 5.52 Å². The van der Waals surface area contributed by atoms with Gasteiger partial charge in [-0.1, -0.05) is 6.07 Å². The molecular weight excluding hydrogens is 237 g/mol. The van der Waals surface area contributed by atoms with Gasteiger partial charge in [-0.15, -0.1) is 23.2 Å². The van der Waals surface area contributed by atoms with Gasteiger partial charge in [-0.3, -0.25) is 4.79 Å². The van der Waals surface area contributed by atoms with Crippen molar-refractivity contribution in [3.63, 3.8) is 0 Å². The average Bonchev–Trinajstić information content (AvgIpc) is 2.70. The van der Waals surface area contributed by atoms with E-state index in [1.807, 2.05) is 6.07 Å². The van der Waals surface area contributed by atoms with Crippen molar-refractivity contribution < 1.29 is 9.21 Å². The van der Waals surface area contributed by atoms with Crippen LogP contribution in [0.4, 0.5) is 0 Å². The molecule has 0 atom stereocenters. The number of nitrogens with zero attached hydrogens (tertiary/aromatic N) is 1. The molecule has 0 aliphatic rings. The molecule has 0 bridgehead atoms. The quantitative estimate of drug-likeness (QED) is 0.615. The molecule has 5 heteroatoms. The van der Waals surface area contributed by atoms with E-state index >= 15 is 0 Å². The number of carbonyl (C=O) groups is 1. The molecule has 0 unspecified atom stereocenters. The first-order valence-corrected chi connectivity index (χ1v) is 5.36. The van der Waals surface area contributed by atoms with Crippen LogP contribution in [0.2, 0.25) is 0 Å². The topological polar surface area (TPSA) is 43.1 Å². The Hall–Kier alpha value is -1.06. The molecule has 2 rings (SSSR count). The predicted molar refractivity (Wildman–Crippen MR) is 58.6 cm³/mol. The summed E-state index contributed by atoms with van der Waals surface area (Å²) in [6, 6.07) is 5.36. The fourth-order valence-electron chi connectivity index (χ4n) is 1.23. The van der Waals surface area contributed by atoms with E-state index in [1.165, 1.54) is 0 Å². The van der Waals surface area contributed by atoms with E-state index in [2.05, 4.69) is 4.98 Å². The second kappa shape index (κ2) is 4.21. The van der Waals surface area contributed by atoms with Crippen molar-refractivity contribution in [1.29, 1.82) is 0 Å². The molecule has 2 aromatic rings. The van der Waals surface area contributed by atoms with Gasteiger partial charge in [-0.05, 0) is 17.7 Å². The van der Waals surface area contributed by atoms with Crippen molar-refractivity contribution in [3.8, 4) is 0 Å². The Bertz CT molecular complexity index is 507. The largest absolute Gasteiger partial charge is 0.434 e. The van der Waals surface area contributed by atoms with E-state index in [4.69, 9.17) is 27.6 Å². The normalized spacial score (nSPS) is 10.8. The van der Waals surface area contributed by atoms with Crippen molar-refractivity contribution in [2.24, 2.45) is 0 Å². The molecule has 78 valence electrons. The summed E-state index contributed by atoms with van der Waals surface area (Å²) < 4.78 is 5.23.